The lowest BCUT2D eigenvalue weighted by atomic mass is 10.1. The highest BCUT2D eigenvalue weighted by Crippen LogP contribution is 2.20. The van der Waals surface area contributed by atoms with Crippen molar-refractivity contribution in [3.8, 4) is 5.75 Å². The smallest absolute Gasteiger partial charge is 0.319 e. The van der Waals surface area contributed by atoms with Crippen molar-refractivity contribution in [3.63, 3.8) is 0 Å². The Morgan fingerprint density at radius 2 is 1.71 bits per heavy atom. The maximum Gasteiger partial charge on any atom is 0.319 e. The van der Waals surface area contributed by atoms with Crippen molar-refractivity contribution in [2.45, 2.75) is 0 Å². The molecule has 4 nitrogen and oxygen atoms in total. The number of hydrogen-bond acceptors (Lipinski definition) is 2. The summed E-state index contributed by atoms with van der Waals surface area (Å²) in [6.45, 7) is 0.804. The first-order chi connectivity index (χ1) is 11.7. The molecule has 24 heavy (non-hydrogen) atoms. The number of halogens is 1. The Hall–Kier alpha value is -2.72. The van der Waals surface area contributed by atoms with Crippen LogP contribution >= 0.6 is 11.6 Å². The molecule has 0 spiro atoms. The minimum Gasteiger partial charge on any atom is -0.492 e. The molecule has 122 valence electrons. The van der Waals surface area contributed by atoms with Gasteiger partial charge in [0.05, 0.1) is 6.54 Å². The molecular formula is C19H17ClN2O2. The molecule has 5 heteroatoms. The maximum absolute atomic E-state index is 11.8. The molecule has 3 aromatic rings. The second-order valence-corrected chi connectivity index (χ2v) is 5.68. The first-order valence-corrected chi connectivity index (χ1v) is 8.00. The van der Waals surface area contributed by atoms with Gasteiger partial charge in [0.25, 0.3) is 0 Å². The quantitative estimate of drug-likeness (QED) is 0.662. The number of fused-ring (bicyclic) bond motifs is 1. The Labute approximate surface area is 145 Å². The van der Waals surface area contributed by atoms with Gasteiger partial charge in [0.2, 0.25) is 0 Å². The summed E-state index contributed by atoms with van der Waals surface area (Å²) in [6, 6.07) is 20.7. The summed E-state index contributed by atoms with van der Waals surface area (Å²) < 4.78 is 5.67. The molecule has 0 saturated heterocycles. The van der Waals surface area contributed by atoms with Crippen molar-refractivity contribution in [1.82, 2.24) is 5.32 Å². The van der Waals surface area contributed by atoms with Crippen LogP contribution < -0.4 is 15.4 Å². The third-order valence-electron chi connectivity index (χ3n) is 3.48. The molecule has 0 heterocycles. The van der Waals surface area contributed by atoms with Crippen LogP contribution in [0.1, 0.15) is 0 Å². The molecular weight excluding hydrogens is 324 g/mol. The molecule has 0 fully saturated rings. The predicted molar refractivity (Wildman–Crippen MR) is 97.9 cm³/mol. The fraction of sp³-hybridized carbons (Fsp3) is 0.105. The predicted octanol–water partition coefficient (Wildman–Crippen LogP) is 4.69. The van der Waals surface area contributed by atoms with Gasteiger partial charge < -0.3 is 15.4 Å². The number of hydrogen-bond donors (Lipinski definition) is 2. The Morgan fingerprint density at radius 1 is 0.958 bits per heavy atom. The molecule has 3 rings (SSSR count). The first-order valence-electron chi connectivity index (χ1n) is 7.63. The zero-order chi connectivity index (χ0) is 16.8. The summed E-state index contributed by atoms with van der Waals surface area (Å²) in [5, 5.41) is 8.40. The molecule has 0 aliphatic carbocycles. The number of benzene rings is 3. The molecule has 0 saturated carbocycles. The first kappa shape index (κ1) is 16.1. The van der Waals surface area contributed by atoms with E-state index in [1.165, 1.54) is 5.39 Å². The Morgan fingerprint density at radius 3 is 2.50 bits per heavy atom. The molecule has 0 aromatic heterocycles. The standard InChI is InChI=1S/C19H17ClN2O2/c20-16-6-8-17(9-7-16)22-19(23)21-11-12-24-18-10-5-14-3-1-2-4-15(14)13-18/h1-10,13H,11-12H2,(H2,21,22,23). The third-order valence-corrected chi connectivity index (χ3v) is 3.73. The largest absolute Gasteiger partial charge is 0.492 e. The third kappa shape index (κ3) is 4.40. The van der Waals surface area contributed by atoms with Crippen LogP contribution in [0.4, 0.5) is 10.5 Å². The second kappa shape index (κ2) is 7.70. The van der Waals surface area contributed by atoms with Crippen LogP contribution in [0.2, 0.25) is 5.02 Å². The van der Waals surface area contributed by atoms with Gasteiger partial charge >= 0.3 is 6.03 Å². The van der Waals surface area contributed by atoms with Gasteiger partial charge in [-0.1, -0.05) is 41.9 Å². The van der Waals surface area contributed by atoms with Crippen molar-refractivity contribution in [2.75, 3.05) is 18.5 Å². The number of ether oxygens (including phenoxy) is 1. The van der Waals surface area contributed by atoms with Crippen LogP contribution in [0.15, 0.2) is 66.7 Å². The van der Waals surface area contributed by atoms with E-state index in [1.54, 1.807) is 24.3 Å². The van der Waals surface area contributed by atoms with E-state index in [2.05, 4.69) is 16.7 Å². The van der Waals surface area contributed by atoms with Crippen molar-refractivity contribution >= 4 is 34.1 Å². The average Bonchev–Trinajstić information content (AvgIpc) is 2.60. The highest BCUT2D eigenvalue weighted by molar-refractivity contribution is 6.30. The van der Waals surface area contributed by atoms with E-state index in [1.807, 2.05) is 36.4 Å². The number of rotatable bonds is 5. The monoisotopic (exact) mass is 340 g/mol. The van der Waals surface area contributed by atoms with Crippen LogP contribution in [0, 0.1) is 0 Å². The van der Waals surface area contributed by atoms with Crippen LogP contribution in [-0.2, 0) is 0 Å². The fourth-order valence-corrected chi connectivity index (χ4v) is 2.43. The van der Waals surface area contributed by atoms with E-state index < -0.39 is 0 Å². The molecule has 0 radical (unpaired) electrons. The van der Waals surface area contributed by atoms with E-state index in [0.717, 1.165) is 11.1 Å². The van der Waals surface area contributed by atoms with E-state index >= 15 is 0 Å². The van der Waals surface area contributed by atoms with Gasteiger partial charge in [-0.3, -0.25) is 0 Å². The van der Waals surface area contributed by atoms with Crippen molar-refractivity contribution in [2.24, 2.45) is 0 Å². The van der Waals surface area contributed by atoms with E-state index in [9.17, 15) is 4.79 Å². The van der Waals surface area contributed by atoms with Crippen LogP contribution in [-0.4, -0.2) is 19.2 Å². The van der Waals surface area contributed by atoms with E-state index in [0.29, 0.717) is 23.9 Å². The highest BCUT2D eigenvalue weighted by atomic mass is 35.5. The number of nitrogens with one attached hydrogen (secondary N) is 2. The highest BCUT2D eigenvalue weighted by Gasteiger charge is 2.02. The number of urea groups is 1. The number of amides is 2. The maximum atomic E-state index is 11.8. The van der Waals surface area contributed by atoms with Gasteiger partial charge in [0.15, 0.2) is 0 Å². The lowest BCUT2D eigenvalue weighted by Gasteiger charge is -2.10. The van der Waals surface area contributed by atoms with Crippen molar-refractivity contribution < 1.29 is 9.53 Å². The van der Waals surface area contributed by atoms with Gasteiger partial charge in [-0.25, -0.2) is 4.79 Å². The fourth-order valence-electron chi connectivity index (χ4n) is 2.30. The van der Waals surface area contributed by atoms with Crippen molar-refractivity contribution in [1.29, 1.82) is 0 Å². The zero-order valence-corrected chi connectivity index (χ0v) is 13.7. The molecule has 0 atom stereocenters. The van der Waals surface area contributed by atoms with Gasteiger partial charge in [-0.2, -0.15) is 0 Å². The molecule has 3 aromatic carbocycles. The van der Waals surface area contributed by atoms with Gasteiger partial charge in [0, 0.05) is 10.7 Å². The van der Waals surface area contributed by atoms with Crippen LogP contribution in [0.3, 0.4) is 0 Å². The molecule has 0 unspecified atom stereocenters. The minimum atomic E-state index is -0.278. The molecule has 0 bridgehead atoms. The second-order valence-electron chi connectivity index (χ2n) is 5.25. The molecule has 2 N–H and O–H groups in total. The normalized spacial score (nSPS) is 10.4. The van der Waals surface area contributed by atoms with Crippen molar-refractivity contribution in [3.05, 3.63) is 71.8 Å². The summed E-state index contributed by atoms with van der Waals surface area (Å²) in [4.78, 5) is 11.8. The number of carbonyl (C=O) groups is 1. The number of anilines is 1. The van der Waals surface area contributed by atoms with E-state index in [-0.39, 0.29) is 6.03 Å². The Kier molecular flexibility index (Phi) is 5.18. The summed E-state index contributed by atoms with van der Waals surface area (Å²) in [7, 11) is 0. The summed E-state index contributed by atoms with van der Waals surface area (Å²) in [5.41, 5.74) is 0.687. The van der Waals surface area contributed by atoms with Crippen LogP contribution in [0.5, 0.6) is 5.75 Å². The van der Waals surface area contributed by atoms with Gasteiger partial charge in [-0.15, -0.1) is 0 Å². The Balaban J connectivity index is 1.44. The summed E-state index contributed by atoms with van der Waals surface area (Å²) in [6.07, 6.45) is 0. The lowest BCUT2D eigenvalue weighted by Crippen LogP contribution is -2.32. The average molecular weight is 341 g/mol. The molecule has 0 aliphatic heterocycles. The summed E-state index contributed by atoms with van der Waals surface area (Å²) in [5.74, 6) is 0.786. The topological polar surface area (TPSA) is 50.4 Å². The van der Waals surface area contributed by atoms with Crippen LogP contribution in [0.25, 0.3) is 10.8 Å². The minimum absolute atomic E-state index is 0.278. The summed E-state index contributed by atoms with van der Waals surface area (Å²) >= 11 is 5.80. The zero-order valence-electron chi connectivity index (χ0n) is 13.0. The molecule has 2 amide bonds. The van der Waals surface area contributed by atoms with Gasteiger partial charge in [-0.05, 0) is 47.2 Å². The molecule has 0 aliphatic rings. The lowest BCUT2D eigenvalue weighted by molar-refractivity contribution is 0.247. The van der Waals surface area contributed by atoms with Gasteiger partial charge in [0.1, 0.15) is 12.4 Å². The number of carbonyl (C=O) groups excluding carboxylic acids is 1. The van der Waals surface area contributed by atoms with E-state index in [4.69, 9.17) is 16.3 Å². The SMILES string of the molecule is O=C(NCCOc1ccc2ccccc2c1)Nc1ccc(Cl)cc1. The Bertz CT molecular complexity index is 834.